The SMILES string of the molecule is C=C(C)C(=O)O.C=C(C)C(=O)O.O=CC(O)C(O)C(O)C(O)CO. The number of hydrogen-bond acceptors (Lipinski definition) is 8. The fraction of sp³-hybridized carbons (Fsp3) is 0.500. The molecule has 0 radical (unpaired) electrons. The molecule has 0 aliphatic rings. The third-order valence-corrected chi connectivity index (χ3v) is 2.15. The molecule has 0 saturated heterocycles. The predicted molar refractivity (Wildman–Crippen MR) is 82.1 cm³/mol. The predicted octanol–water partition coefficient (Wildman–Crippen LogP) is -2.08. The first-order chi connectivity index (χ1) is 10.8. The fourth-order valence-electron chi connectivity index (χ4n) is 0.618. The van der Waals surface area contributed by atoms with Crippen molar-refractivity contribution < 1.29 is 50.1 Å². The van der Waals surface area contributed by atoms with Gasteiger partial charge in [0.2, 0.25) is 0 Å². The second-order valence-electron chi connectivity index (χ2n) is 4.53. The number of carbonyl (C=O) groups is 3. The van der Waals surface area contributed by atoms with Gasteiger partial charge in [0.15, 0.2) is 6.29 Å². The van der Waals surface area contributed by atoms with Crippen LogP contribution in [0.2, 0.25) is 0 Å². The molecule has 0 aromatic carbocycles. The number of aldehydes is 1. The summed E-state index contributed by atoms with van der Waals surface area (Å²) in [5.74, 6) is -1.87. The lowest BCUT2D eigenvalue weighted by atomic mass is 10.0. The zero-order chi connectivity index (χ0) is 20.0. The van der Waals surface area contributed by atoms with Crippen LogP contribution in [0.15, 0.2) is 24.3 Å². The van der Waals surface area contributed by atoms with E-state index in [1.54, 1.807) is 0 Å². The van der Waals surface area contributed by atoms with Gasteiger partial charge in [0.1, 0.15) is 24.4 Å². The van der Waals surface area contributed by atoms with E-state index in [0.29, 0.717) is 0 Å². The highest BCUT2D eigenvalue weighted by Gasteiger charge is 2.29. The van der Waals surface area contributed by atoms with Crippen molar-refractivity contribution in [2.45, 2.75) is 38.3 Å². The summed E-state index contributed by atoms with van der Waals surface area (Å²) in [7, 11) is 0. The first-order valence-electron chi connectivity index (χ1n) is 6.39. The molecule has 0 heterocycles. The Labute approximate surface area is 138 Å². The number of carboxylic acids is 2. The van der Waals surface area contributed by atoms with E-state index in [2.05, 4.69) is 13.2 Å². The summed E-state index contributed by atoms with van der Waals surface area (Å²) in [6, 6.07) is 0. The lowest BCUT2D eigenvalue weighted by Crippen LogP contribution is -2.46. The van der Waals surface area contributed by atoms with Crippen LogP contribution in [0.4, 0.5) is 0 Å². The monoisotopic (exact) mass is 352 g/mol. The summed E-state index contributed by atoms with van der Waals surface area (Å²) in [6.45, 7) is 8.44. The lowest BCUT2D eigenvalue weighted by Gasteiger charge is -2.22. The van der Waals surface area contributed by atoms with Gasteiger partial charge >= 0.3 is 11.9 Å². The van der Waals surface area contributed by atoms with E-state index in [1.807, 2.05) is 0 Å². The normalized spacial score (nSPS) is 14.3. The van der Waals surface area contributed by atoms with Crippen LogP contribution in [-0.2, 0) is 14.4 Å². The molecule has 7 N–H and O–H groups in total. The second-order valence-corrected chi connectivity index (χ2v) is 4.53. The molecule has 24 heavy (non-hydrogen) atoms. The topological polar surface area (TPSA) is 193 Å². The van der Waals surface area contributed by atoms with Gasteiger partial charge in [-0.15, -0.1) is 0 Å². The number of rotatable bonds is 7. The van der Waals surface area contributed by atoms with Crippen LogP contribution in [0.5, 0.6) is 0 Å². The van der Waals surface area contributed by atoms with E-state index in [-0.39, 0.29) is 17.4 Å². The van der Waals surface area contributed by atoms with Crippen molar-refractivity contribution in [3.63, 3.8) is 0 Å². The maximum absolute atomic E-state index is 9.90. The van der Waals surface area contributed by atoms with Gasteiger partial charge in [0.05, 0.1) is 6.61 Å². The Hall–Kier alpha value is -2.11. The molecule has 0 amide bonds. The first kappa shape index (κ1) is 26.8. The molecule has 10 heteroatoms. The highest BCUT2D eigenvalue weighted by atomic mass is 16.4. The van der Waals surface area contributed by atoms with E-state index < -0.39 is 43.0 Å². The first-order valence-corrected chi connectivity index (χ1v) is 6.39. The largest absolute Gasteiger partial charge is 0.478 e. The molecule has 0 saturated carbocycles. The molecule has 0 aliphatic heterocycles. The van der Waals surface area contributed by atoms with Crippen LogP contribution in [0, 0.1) is 0 Å². The Bertz CT molecular complexity index is 383. The summed E-state index contributed by atoms with van der Waals surface area (Å²) in [5.41, 5.74) is 0.352. The van der Waals surface area contributed by atoms with Crippen molar-refractivity contribution in [2.24, 2.45) is 0 Å². The number of aliphatic hydroxyl groups is 5. The molecule has 140 valence electrons. The molecular formula is C14H24O10. The Morgan fingerprint density at radius 1 is 0.917 bits per heavy atom. The average molecular weight is 352 g/mol. The standard InChI is InChI=1S/C6H12O6.2C4H6O2/c7-1-3(9)5(11)6(12)4(10)2-8;2*1-3(2)4(5)6/h1,3-6,8-12H,2H2;2*1H2,2H3,(H,5,6). The zero-order valence-corrected chi connectivity index (χ0v) is 13.4. The molecule has 4 atom stereocenters. The number of aliphatic carboxylic acids is 2. The van der Waals surface area contributed by atoms with Gasteiger partial charge in [0.25, 0.3) is 0 Å². The van der Waals surface area contributed by atoms with Crippen molar-refractivity contribution in [3.05, 3.63) is 24.3 Å². The molecule has 0 aliphatic carbocycles. The molecule has 4 unspecified atom stereocenters. The molecular weight excluding hydrogens is 328 g/mol. The van der Waals surface area contributed by atoms with Crippen molar-refractivity contribution >= 4 is 18.2 Å². The molecule has 0 spiro atoms. The van der Waals surface area contributed by atoms with Gasteiger partial charge in [-0.25, -0.2) is 9.59 Å². The molecule has 0 aromatic rings. The Morgan fingerprint density at radius 3 is 1.38 bits per heavy atom. The van der Waals surface area contributed by atoms with Gasteiger partial charge in [-0.1, -0.05) is 13.2 Å². The summed E-state index contributed by atoms with van der Waals surface area (Å²) < 4.78 is 0. The van der Waals surface area contributed by atoms with E-state index in [0.717, 1.165) is 0 Å². The van der Waals surface area contributed by atoms with Gasteiger partial charge in [-0.05, 0) is 13.8 Å². The molecule has 0 aromatic heterocycles. The van der Waals surface area contributed by atoms with Crippen LogP contribution < -0.4 is 0 Å². The number of carbonyl (C=O) groups excluding carboxylic acids is 1. The van der Waals surface area contributed by atoms with Crippen LogP contribution in [-0.4, -0.2) is 85.0 Å². The van der Waals surface area contributed by atoms with Gasteiger partial charge < -0.3 is 40.5 Å². The zero-order valence-electron chi connectivity index (χ0n) is 13.4. The van der Waals surface area contributed by atoms with E-state index in [1.165, 1.54) is 13.8 Å². The Kier molecular flexibility index (Phi) is 16.2. The maximum Gasteiger partial charge on any atom is 0.330 e. The van der Waals surface area contributed by atoms with E-state index in [9.17, 15) is 14.4 Å². The fourth-order valence-corrected chi connectivity index (χ4v) is 0.618. The highest BCUT2D eigenvalue weighted by Crippen LogP contribution is 2.02. The smallest absolute Gasteiger partial charge is 0.330 e. The lowest BCUT2D eigenvalue weighted by molar-refractivity contribution is -0.136. The van der Waals surface area contributed by atoms with Crippen molar-refractivity contribution in [1.82, 2.24) is 0 Å². The van der Waals surface area contributed by atoms with Gasteiger partial charge in [0, 0.05) is 11.1 Å². The maximum atomic E-state index is 9.90. The number of aliphatic hydroxyl groups excluding tert-OH is 5. The summed E-state index contributed by atoms with van der Waals surface area (Å²) in [4.78, 5) is 29.1. The van der Waals surface area contributed by atoms with Crippen molar-refractivity contribution in [1.29, 1.82) is 0 Å². The highest BCUT2D eigenvalue weighted by molar-refractivity contribution is 5.85. The van der Waals surface area contributed by atoms with E-state index >= 15 is 0 Å². The van der Waals surface area contributed by atoms with Gasteiger partial charge in [-0.3, -0.25) is 0 Å². The molecule has 0 bridgehead atoms. The second kappa shape index (κ2) is 14.5. The average Bonchev–Trinajstić information content (AvgIpc) is 2.52. The number of carboxylic acid groups (broad SMARTS) is 2. The van der Waals surface area contributed by atoms with Crippen molar-refractivity contribution in [3.8, 4) is 0 Å². The van der Waals surface area contributed by atoms with Crippen LogP contribution in [0.1, 0.15) is 13.8 Å². The number of hydrogen-bond donors (Lipinski definition) is 7. The quantitative estimate of drug-likeness (QED) is 0.197. The summed E-state index contributed by atoms with van der Waals surface area (Å²) >= 11 is 0. The molecule has 0 rings (SSSR count). The van der Waals surface area contributed by atoms with E-state index in [4.69, 9.17) is 35.7 Å². The minimum absolute atomic E-state index is 0.0258. The van der Waals surface area contributed by atoms with Crippen LogP contribution in [0.3, 0.4) is 0 Å². The van der Waals surface area contributed by atoms with Crippen molar-refractivity contribution in [2.75, 3.05) is 6.61 Å². The third kappa shape index (κ3) is 14.8. The third-order valence-electron chi connectivity index (χ3n) is 2.15. The summed E-state index contributed by atoms with van der Waals surface area (Å²) in [6.07, 6.45) is -6.84. The summed E-state index contributed by atoms with van der Waals surface area (Å²) in [5, 5.41) is 59.3. The van der Waals surface area contributed by atoms with Crippen LogP contribution in [0.25, 0.3) is 0 Å². The Balaban J connectivity index is -0.000000309. The molecule has 0 fully saturated rings. The Morgan fingerprint density at radius 2 is 1.21 bits per heavy atom. The van der Waals surface area contributed by atoms with Gasteiger partial charge in [-0.2, -0.15) is 0 Å². The van der Waals surface area contributed by atoms with Crippen LogP contribution >= 0.6 is 0 Å². The molecule has 10 nitrogen and oxygen atoms in total. The minimum atomic E-state index is -1.79. The minimum Gasteiger partial charge on any atom is -0.478 e.